The molecular weight excluding hydrogens is 632 g/mol. The summed E-state index contributed by atoms with van der Waals surface area (Å²) in [6.07, 6.45) is 4.50. The van der Waals surface area contributed by atoms with Crippen LogP contribution in [0, 0.1) is 11.7 Å². The maximum absolute atomic E-state index is 15.4. The third-order valence-corrected chi connectivity index (χ3v) is 9.04. The molecule has 4 N–H and O–H groups in total. The molecule has 3 aromatic heterocycles. The number of aromatic nitrogens is 3. The van der Waals surface area contributed by atoms with Crippen molar-refractivity contribution >= 4 is 40.6 Å². The summed E-state index contributed by atoms with van der Waals surface area (Å²) >= 11 is 13.8. The molecule has 6 rings (SSSR count). The fourth-order valence-electron chi connectivity index (χ4n) is 5.77. The molecule has 0 unspecified atom stereocenters. The largest absolute Gasteiger partial charge is 0.481 e. The number of ether oxygens (including phenoxy) is 1. The maximum Gasteiger partial charge on any atom is 0.220 e. The zero-order chi connectivity index (χ0) is 32.2. The van der Waals surface area contributed by atoms with Crippen LogP contribution < -0.4 is 20.7 Å². The Bertz CT molecular complexity index is 1740. The highest BCUT2D eigenvalue weighted by molar-refractivity contribution is 6.39. The highest BCUT2D eigenvalue weighted by Crippen LogP contribution is 2.41. The number of carbonyl (C=O) groups is 1. The van der Waals surface area contributed by atoms with Gasteiger partial charge >= 0.3 is 0 Å². The number of methoxy groups -OCH3 is 1. The average molecular weight is 667 g/mol. The number of aliphatic hydroxyl groups excluding tert-OH is 1. The Morgan fingerprint density at radius 3 is 2.63 bits per heavy atom. The molecule has 1 aromatic carbocycles. The monoisotopic (exact) mass is 665 g/mol. The molecule has 13 heteroatoms. The van der Waals surface area contributed by atoms with Gasteiger partial charge in [0.2, 0.25) is 11.8 Å². The molecule has 240 valence electrons. The SMILES string of the molecule is COc1nc(-c2cccc(-c3nccc(Nc4nccc(CN5CC(CO)C5)c4F)c3Cl)c2Cl)ccc1CNC[C@H]1CCC(=O)N1. The number of hydrogen-bond donors (Lipinski definition) is 4. The van der Waals surface area contributed by atoms with E-state index in [9.17, 15) is 9.90 Å². The van der Waals surface area contributed by atoms with E-state index in [4.69, 9.17) is 32.9 Å². The minimum atomic E-state index is -0.464. The Hall–Kier alpha value is -3.87. The molecule has 2 aliphatic rings. The summed E-state index contributed by atoms with van der Waals surface area (Å²) in [5.74, 6) is 0.368. The highest BCUT2D eigenvalue weighted by atomic mass is 35.5. The topological polar surface area (TPSA) is 125 Å². The Morgan fingerprint density at radius 2 is 1.87 bits per heavy atom. The number of aliphatic hydroxyl groups is 1. The van der Waals surface area contributed by atoms with E-state index in [1.807, 2.05) is 30.3 Å². The number of nitrogens with zero attached hydrogens (tertiary/aromatic N) is 4. The van der Waals surface area contributed by atoms with Gasteiger partial charge in [-0.05, 0) is 24.6 Å². The summed E-state index contributed by atoms with van der Waals surface area (Å²) in [4.78, 5) is 27.0. The second-order valence-electron chi connectivity index (χ2n) is 11.5. The van der Waals surface area contributed by atoms with Crippen LogP contribution in [0.4, 0.5) is 15.9 Å². The van der Waals surface area contributed by atoms with Gasteiger partial charge < -0.3 is 25.8 Å². The van der Waals surface area contributed by atoms with Gasteiger partial charge in [-0.1, -0.05) is 47.5 Å². The summed E-state index contributed by atoms with van der Waals surface area (Å²) in [7, 11) is 1.57. The molecule has 5 heterocycles. The third-order valence-electron chi connectivity index (χ3n) is 8.25. The number of benzene rings is 1. The molecule has 10 nitrogen and oxygen atoms in total. The first-order chi connectivity index (χ1) is 22.3. The molecule has 0 saturated carbocycles. The fourth-order valence-corrected chi connectivity index (χ4v) is 6.34. The molecule has 2 aliphatic heterocycles. The Kier molecular flexibility index (Phi) is 9.95. The molecule has 46 heavy (non-hydrogen) atoms. The van der Waals surface area contributed by atoms with Gasteiger partial charge in [0.05, 0.1) is 34.2 Å². The van der Waals surface area contributed by atoms with Crippen LogP contribution in [0.15, 0.2) is 54.9 Å². The molecule has 0 aliphatic carbocycles. The maximum atomic E-state index is 15.4. The van der Waals surface area contributed by atoms with E-state index < -0.39 is 5.82 Å². The van der Waals surface area contributed by atoms with Crippen LogP contribution in [0.3, 0.4) is 0 Å². The first-order valence-corrected chi connectivity index (χ1v) is 15.8. The number of rotatable bonds is 12. The van der Waals surface area contributed by atoms with Crippen LogP contribution in [0.1, 0.15) is 24.0 Å². The van der Waals surface area contributed by atoms with Gasteiger partial charge in [-0.25, -0.2) is 14.4 Å². The lowest BCUT2D eigenvalue weighted by atomic mass is 10.0. The van der Waals surface area contributed by atoms with Gasteiger partial charge in [0.25, 0.3) is 0 Å². The number of nitrogens with one attached hydrogen (secondary N) is 3. The average Bonchev–Trinajstić information content (AvgIpc) is 3.46. The first-order valence-electron chi connectivity index (χ1n) is 15.1. The Balaban J connectivity index is 1.20. The molecule has 2 saturated heterocycles. The summed E-state index contributed by atoms with van der Waals surface area (Å²) < 4.78 is 21.0. The molecule has 1 amide bonds. The quantitative estimate of drug-likeness (QED) is 0.162. The molecule has 0 radical (unpaired) electrons. The summed E-state index contributed by atoms with van der Waals surface area (Å²) in [5.41, 5.74) is 4.06. The predicted octanol–water partition coefficient (Wildman–Crippen LogP) is 5.20. The van der Waals surface area contributed by atoms with Crippen molar-refractivity contribution in [1.82, 2.24) is 30.5 Å². The molecule has 4 aromatic rings. The number of amides is 1. The second kappa shape index (κ2) is 14.3. The van der Waals surface area contributed by atoms with Gasteiger partial charge in [-0.2, -0.15) is 0 Å². The van der Waals surface area contributed by atoms with E-state index in [2.05, 4.69) is 30.8 Å². The molecule has 0 spiro atoms. The number of halogens is 3. The van der Waals surface area contributed by atoms with Crippen molar-refractivity contribution in [3.63, 3.8) is 0 Å². The summed E-state index contributed by atoms with van der Waals surface area (Å²) in [5, 5.41) is 19.3. The summed E-state index contributed by atoms with van der Waals surface area (Å²) in [6, 6.07) is 12.8. The zero-order valence-electron chi connectivity index (χ0n) is 25.2. The van der Waals surface area contributed by atoms with Crippen molar-refractivity contribution in [2.45, 2.75) is 32.0 Å². The van der Waals surface area contributed by atoms with Gasteiger partial charge in [-0.3, -0.25) is 14.7 Å². The second-order valence-corrected chi connectivity index (χ2v) is 12.2. The van der Waals surface area contributed by atoms with Crippen LogP contribution in [0.25, 0.3) is 22.5 Å². The normalized spacial score (nSPS) is 16.7. The van der Waals surface area contributed by atoms with E-state index in [0.717, 1.165) is 25.1 Å². The lowest BCUT2D eigenvalue weighted by Crippen LogP contribution is -2.47. The van der Waals surface area contributed by atoms with Crippen molar-refractivity contribution < 1.29 is 19.0 Å². The van der Waals surface area contributed by atoms with Crippen molar-refractivity contribution in [2.75, 3.05) is 38.7 Å². The molecule has 0 bridgehead atoms. The number of hydrogen-bond acceptors (Lipinski definition) is 9. The first kappa shape index (κ1) is 32.1. The Labute approximate surface area is 276 Å². The number of carbonyl (C=O) groups excluding carboxylic acids is 1. The third kappa shape index (κ3) is 6.93. The highest BCUT2D eigenvalue weighted by Gasteiger charge is 2.27. The van der Waals surface area contributed by atoms with Crippen molar-refractivity contribution in [3.05, 3.63) is 81.8 Å². The predicted molar refractivity (Wildman–Crippen MR) is 176 cm³/mol. The van der Waals surface area contributed by atoms with Crippen LogP contribution in [0.2, 0.25) is 10.0 Å². The van der Waals surface area contributed by atoms with Gasteiger partial charge in [0.1, 0.15) is 0 Å². The Morgan fingerprint density at radius 1 is 1.07 bits per heavy atom. The smallest absolute Gasteiger partial charge is 0.220 e. The van der Waals surface area contributed by atoms with Crippen LogP contribution in [0.5, 0.6) is 5.88 Å². The van der Waals surface area contributed by atoms with Gasteiger partial charge in [0.15, 0.2) is 11.6 Å². The van der Waals surface area contributed by atoms with Gasteiger partial charge in [-0.15, -0.1) is 0 Å². The van der Waals surface area contributed by atoms with Crippen molar-refractivity contribution in [1.29, 1.82) is 0 Å². The summed E-state index contributed by atoms with van der Waals surface area (Å²) in [6.45, 7) is 3.20. The minimum absolute atomic E-state index is 0.0505. The van der Waals surface area contributed by atoms with Crippen LogP contribution in [-0.2, 0) is 17.9 Å². The van der Waals surface area contributed by atoms with Crippen LogP contribution >= 0.6 is 23.2 Å². The molecule has 1 atom stereocenters. The number of anilines is 2. The number of pyridine rings is 3. The fraction of sp³-hybridized carbons (Fsp3) is 0.333. The van der Waals surface area contributed by atoms with E-state index in [1.165, 1.54) is 0 Å². The van der Waals surface area contributed by atoms with E-state index in [0.29, 0.717) is 70.7 Å². The van der Waals surface area contributed by atoms with Crippen LogP contribution in [-0.4, -0.2) is 70.3 Å². The van der Waals surface area contributed by atoms with Crippen molar-refractivity contribution in [2.24, 2.45) is 5.92 Å². The number of likely N-dealkylation sites (tertiary alicyclic amines) is 1. The molecule has 2 fully saturated rings. The van der Waals surface area contributed by atoms with E-state index in [1.54, 1.807) is 31.6 Å². The van der Waals surface area contributed by atoms with Crippen molar-refractivity contribution in [3.8, 4) is 28.4 Å². The zero-order valence-corrected chi connectivity index (χ0v) is 26.7. The minimum Gasteiger partial charge on any atom is -0.481 e. The van der Waals surface area contributed by atoms with E-state index in [-0.39, 0.29) is 35.3 Å². The lowest BCUT2D eigenvalue weighted by molar-refractivity contribution is -0.119. The standard InChI is InChI=1S/C33H34Cl2FN7O3/c1-46-33-20(13-37-14-22-6-8-27(45)40-22)5-7-25(42-33)23-3-2-4-24(28(23)34)31-29(35)26(10-12-38-31)41-32-30(36)21(9-11-39-32)17-43-15-19(16-43)18-44/h2-5,7,9-12,19,22,37,44H,6,8,13-18H2,1H3,(H,40,45)(H,38,39,41)/t22-/m1/s1. The van der Waals surface area contributed by atoms with Gasteiger partial charge in [0, 0.05) is 92.4 Å². The molecular formula is C33H34Cl2FN7O3. The lowest BCUT2D eigenvalue weighted by Gasteiger charge is -2.38. The van der Waals surface area contributed by atoms with E-state index >= 15 is 4.39 Å².